The fourth-order valence-electron chi connectivity index (χ4n) is 8.62. The molecule has 2 bridgehead atoms. The van der Waals surface area contributed by atoms with E-state index in [0.29, 0.717) is 43.6 Å². The third-order valence-corrected chi connectivity index (χ3v) is 13.7. The van der Waals surface area contributed by atoms with Crippen LogP contribution in [0.4, 0.5) is 19.3 Å². The summed E-state index contributed by atoms with van der Waals surface area (Å²) >= 11 is 6.44. The smallest absolute Gasteiger partial charge is 0.327 e. The number of methoxy groups -OCH3 is 1. The van der Waals surface area contributed by atoms with E-state index in [1.807, 2.05) is 19.1 Å². The van der Waals surface area contributed by atoms with Gasteiger partial charge < -0.3 is 19.7 Å². The summed E-state index contributed by atoms with van der Waals surface area (Å²) in [5.41, 5.74) is 3.22. The van der Waals surface area contributed by atoms with Crippen LogP contribution in [0.3, 0.4) is 0 Å². The molecule has 0 radical (unpaired) electrons. The average molecular weight is 745 g/mol. The summed E-state index contributed by atoms with van der Waals surface area (Å²) < 4.78 is 59.4. The zero-order valence-corrected chi connectivity index (χ0v) is 30.7. The van der Waals surface area contributed by atoms with E-state index in [9.17, 15) is 22.6 Å². The molecule has 7 rings (SSSR count). The van der Waals surface area contributed by atoms with Gasteiger partial charge in [0.1, 0.15) is 15.7 Å². The lowest BCUT2D eigenvalue weighted by Crippen LogP contribution is -2.49. The zero-order chi connectivity index (χ0) is 35.9. The van der Waals surface area contributed by atoms with Crippen molar-refractivity contribution < 1.29 is 32.1 Å². The highest BCUT2D eigenvalue weighted by atomic mass is 35.5. The van der Waals surface area contributed by atoms with Crippen LogP contribution in [0.5, 0.6) is 5.75 Å². The molecular formula is C38H47ClF2N4O5S. The molecule has 2 N–H and O–H groups in total. The molecule has 2 saturated carbocycles. The van der Waals surface area contributed by atoms with Crippen LogP contribution in [-0.2, 0) is 26.5 Å². The van der Waals surface area contributed by atoms with Gasteiger partial charge >= 0.3 is 6.03 Å². The predicted molar refractivity (Wildman–Crippen MR) is 194 cm³/mol. The summed E-state index contributed by atoms with van der Waals surface area (Å²) in [5, 5.41) is 3.37. The lowest BCUT2D eigenvalue weighted by molar-refractivity contribution is 0.0131. The van der Waals surface area contributed by atoms with Crippen molar-refractivity contribution in [2.45, 2.75) is 82.3 Å². The van der Waals surface area contributed by atoms with Crippen LogP contribution in [-0.4, -0.2) is 67.3 Å². The standard InChI is InChI=1S/C38H47ClF2N4O5S/c1-23-5-3-7-33(49-2)29-11-8-26(29)19-45-21-38(14-4-6-24-15-28(39)10-12-30(24)38)22-50-34-13-9-25(17-32(34)45)36(46)43-51(48,20-23)44-37(47)42-31-16-27(31)18-35(40)41/h3,7,9-10,12-13,15,17,23,26-27,29,31,33,35H,4-6,8,11,14,16,18-22H2,1-2H3,(H2,42,43,44,46,47,48)/b7-3-/t23-,26-,27+,29+,31-,33-,38-,51?/m0/s1. The van der Waals surface area contributed by atoms with Gasteiger partial charge in [-0.2, -0.15) is 0 Å². The predicted octanol–water partition coefficient (Wildman–Crippen LogP) is 7.32. The monoisotopic (exact) mass is 744 g/mol. The summed E-state index contributed by atoms with van der Waals surface area (Å²) in [5.74, 6) is 0.00980. The van der Waals surface area contributed by atoms with Crippen molar-refractivity contribution >= 4 is 39.1 Å². The first-order valence-corrected chi connectivity index (χ1v) is 20.2. The Morgan fingerprint density at radius 1 is 1.24 bits per heavy atom. The van der Waals surface area contributed by atoms with Crippen LogP contribution < -0.4 is 19.7 Å². The third kappa shape index (κ3) is 7.93. The Morgan fingerprint density at radius 2 is 2.08 bits per heavy atom. The van der Waals surface area contributed by atoms with Gasteiger partial charge in [0.25, 0.3) is 5.91 Å². The van der Waals surface area contributed by atoms with E-state index in [1.54, 1.807) is 25.3 Å². The maximum atomic E-state index is 14.4. The van der Waals surface area contributed by atoms with E-state index in [4.69, 9.17) is 21.1 Å². The first kappa shape index (κ1) is 36.2. The highest BCUT2D eigenvalue weighted by molar-refractivity contribution is 7.92. The number of carbonyl (C=O) groups is 2. The van der Waals surface area contributed by atoms with E-state index in [0.717, 1.165) is 49.4 Å². The maximum absolute atomic E-state index is 14.4. The number of aryl methyl sites for hydroxylation is 1. The van der Waals surface area contributed by atoms with Crippen molar-refractivity contribution in [2.75, 3.05) is 37.5 Å². The van der Waals surface area contributed by atoms with Crippen LogP contribution >= 0.6 is 11.6 Å². The van der Waals surface area contributed by atoms with Crippen molar-refractivity contribution in [3.63, 3.8) is 0 Å². The van der Waals surface area contributed by atoms with Gasteiger partial charge in [-0.1, -0.05) is 36.7 Å². The second kappa shape index (κ2) is 14.7. The molecule has 1 unspecified atom stereocenters. The molecule has 3 aliphatic carbocycles. The van der Waals surface area contributed by atoms with Crippen molar-refractivity contribution in [1.29, 1.82) is 0 Å². The number of ether oxygens (including phenoxy) is 2. The van der Waals surface area contributed by atoms with Gasteiger partial charge in [-0.25, -0.2) is 17.8 Å². The minimum Gasteiger partial charge on any atom is -0.490 e. The van der Waals surface area contributed by atoms with Crippen LogP contribution in [0, 0.1) is 23.7 Å². The lowest BCUT2D eigenvalue weighted by atomic mass is 9.68. The molecule has 0 saturated heterocycles. The van der Waals surface area contributed by atoms with Crippen molar-refractivity contribution in [3.05, 3.63) is 70.3 Å². The number of hydrogen-bond acceptors (Lipinski definition) is 6. The summed E-state index contributed by atoms with van der Waals surface area (Å²) in [6.07, 6.45) is 7.22. The lowest BCUT2D eigenvalue weighted by Gasteiger charge is -2.46. The van der Waals surface area contributed by atoms with E-state index < -0.39 is 34.3 Å². The summed E-state index contributed by atoms with van der Waals surface area (Å²) in [4.78, 5) is 29.3. The highest BCUT2D eigenvalue weighted by Crippen LogP contribution is 2.47. The fourth-order valence-corrected chi connectivity index (χ4v) is 10.7. The van der Waals surface area contributed by atoms with Crippen molar-refractivity contribution in [1.82, 2.24) is 10.0 Å². The summed E-state index contributed by atoms with van der Waals surface area (Å²) in [6, 6.07) is 10.1. The molecule has 5 aliphatic rings. The van der Waals surface area contributed by atoms with Gasteiger partial charge in [0.05, 0.1) is 24.2 Å². The molecule has 9 nitrogen and oxygen atoms in total. The Balaban J connectivity index is 1.24. The highest BCUT2D eigenvalue weighted by Gasteiger charge is 2.45. The van der Waals surface area contributed by atoms with Crippen LogP contribution in [0.2, 0.25) is 5.02 Å². The molecule has 1 spiro atoms. The van der Waals surface area contributed by atoms with E-state index >= 15 is 0 Å². The number of hydrogen-bond donors (Lipinski definition) is 2. The first-order valence-electron chi connectivity index (χ1n) is 18.1. The van der Waals surface area contributed by atoms with Gasteiger partial charge in [0.15, 0.2) is 0 Å². The Hall–Kier alpha value is -3.22. The van der Waals surface area contributed by atoms with Crippen molar-refractivity contribution in [3.8, 4) is 5.75 Å². The molecule has 276 valence electrons. The number of benzene rings is 2. The zero-order valence-electron chi connectivity index (χ0n) is 29.1. The molecule has 2 aliphatic heterocycles. The SMILES string of the molecule is CO[C@H]1/C=C\C[C@H](C)CS(=O)(NC(=O)N[C@H]2C[C@@H]2CC(F)F)=NC(=O)c2ccc3c(c2)N(C[C@@H]2CC[C@H]21)C[C@@]1(CCCc2cc(Cl)ccc21)CO3. The largest absolute Gasteiger partial charge is 0.490 e. The normalized spacial score (nSPS) is 33.8. The van der Waals surface area contributed by atoms with E-state index in [-0.39, 0.29) is 41.1 Å². The second-order valence-corrected chi connectivity index (χ2v) is 17.7. The minimum atomic E-state index is -3.61. The Morgan fingerprint density at radius 3 is 2.84 bits per heavy atom. The van der Waals surface area contributed by atoms with Crippen LogP contribution in [0.15, 0.2) is 52.9 Å². The fraction of sp³-hybridized carbons (Fsp3) is 0.579. The first-order chi connectivity index (χ1) is 24.4. The van der Waals surface area contributed by atoms with E-state index in [2.05, 4.69) is 37.5 Å². The van der Waals surface area contributed by atoms with Gasteiger partial charge in [-0.15, -0.1) is 4.36 Å². The molecule has 2 fully saturated rings. The van der Waals surface area contributed by atoms with Crippen LogP contribution in [0.1, 0.15) is 73.4 Å². The molecule has 2 aromatic rings. The molecule has 2 heterocycles. The number of nitrogens with zero attached hydrogens (tertiary/aromatic N) is 2. The topological polar surface area (TPSA) is 109 Å². The number of anilines is 1. The Kier molecular flexibility index (Phi) is 10.4. The summed E-state index contributed by atoms with van der Waals surface area (Å²) in [7, 11) is -1.87. The maximum Gasteiger partial charge on any atom is 0.327 e. The van der Waals surface area contributed by atoms with Gasteiger partial charge in [0, 0.05) is 48.7 Å². The number of carbonyl (C=O) groups excluding carboxylic acids is 2. The average Bonchev–Trinajstić information content (AvgIpc) is 3.81. The van der Waals surface area contributed by atoms with Crippen molar-refractivity contribution in [2.24, 2.45) is 28.0 Å². The number of halogens is 3. The number of urea groups is 1. The molecular weight excluding hydrogens is 698 g/mol. The number of alkyl halides is 2. The second-order valence-electron chi connectivity index (χ2n) is 15.3. The molecule has 0 aromatic heterocycles. The molecule has 8 atom stereocenters. The number of nitrogens with one attached hydrogen (secondary N) is 2. The molecule has 13 heteroatoms. The number of allylic oxidation sites excluding steroid dienone is 1. The van der Waals surface area contributed by atoms with Gasteiger partial charge in [-0.3, -0.25) is 9.52 Å². The molecule has 3 amide bonds. The minimum absolute atomic E-state index is 0.0720. The van der Waals surface area contributed by atoms with E-state index in [1.165, 1.54) is 11.1 Å². The molecule has 51 heavy (non-hydrogen) atoms. The summed E-state index contributed by atoms with van der Waals surface area (Å²) in [6.45, 7) is 3.80. The van der Waals surface area contributed by atoms with Crippen LogP contribution in [0.25, 0.3) is 0 Å². The van der Waals surface area contributed by atoms with Gasteiger partial charge in [-0.05, 0) is 110 Å². The third-order valence-electron chi connectivity index (χ3n) is 11.5. The Bertz CT molecular complexity index is 1820. The van der Waals surface area contributed by atoms with Gasteiger partial charge in [0.2, 0.25) is 6.43 Å². The number of rotatable bonds is 5. The Labute approximate surface area is 304 Å². The number of fused-ring (bicyclic) bond motifs is 4. The quantitative estimate of drug-likeness (QED) is 0.311. The number of amides is 3. The molecule has 2 aromatic carbocycles.